The highest BCUT2D eigenvalue weighted by Crippen LogP contribution is 2.19. The molecule has 0 aromatic heterocycles. The third-order valence-corrected chi connectivity index (χ3v) is 2.62. The Morgan fingerprint density at radius 2 is 2.00 bits per heavy atom. The number of hydrogen-bond donors (Lipinski definition) is 1. The predicted molar refractivity (Wildman–Crippen MR) is 54.7 cm³/mol. The molecule has 0 aromatic carbocycles. The molecule has 0 aromatic rings. The van der Waals surface area contributed by atoms with Crippen molar-refractivity contribution in [3.8, 4) is 0 Å². The molecule has 2 unspecified atom stereocenters. The van der Waals surface area contributed by atoms with E-state index in [1.54, 1.807) is 0 Å². The summed E-state index contributed by atoms with van der Waals surface area (Å²) >= 11 is 0. The third kappa shape index (κ3) is 4.07. The van der Waals surface area contributed by atoms with Gasteiger partial charge in [0, 0.05) is 12.6 Å². The molecule has 2 atom stereocenters. The SMILES string of the molecule is CN(C)CCOC1CCCCC1N. The molecule has 0 amide bonds. The number of ether oxygens (including phenoxy) is 1. The van der Waals surface area contributed by atoms with E-state index in [0.717, 1.165) is 26.0 Å². The maximum absolute atomic E-state index is 5.96. The van der Waals surface area contributed by atoms with Gasteiger partial charge in [-0.2, -0.15) is 0 Å². The second kappa shape index (κ2) is 5.58. The topological polar surface area (TPSA) is 38.5 Å². The molecule has 2 N–H and O–H groups in total. The van der Waals surface area contributed by atoms with Gasteiger partial charge in [0.2, 0.25) is 0 Å². The Morgan fingerprint density at radius 3 is 2.62 bits per heavy atom. The van der Waals surface area contributed by atoms with Gasteiger partial charge in [-0.25, -0.2) is 0 Å². The monoisotopic (exact) mass is 186 g/mol. The van der Waals surface area contributed by atoms with E-state index in [-0.39, 0.29) is 6.04 Å². The van der Waals surface area contributed by atoms with Gasteiger partial charge in [0.1, 0.15) is 0 Å². The molecule has 0 heterocycles. The zero-order chi connectivity index (χ0) is 9.68. The van der Waals surface area contributed by atoms with E-state index in [0.29, 0.717) is 6.10 Å². The first kappa shape index (κ1) is 11.0. The molecule has 1 aliphatic rings. The summed E-state index contributed by atoms with van der Waals surface area (Å²) in [5.74, 6) is 0. The second-order valence-electron chi connectivity index (χ2n) is 4.16. The molecular weight excluding hydrogens is 164 g/mol. The van der Waals surface area contributed by atoms with Crippen LogP contribution in [0.15, 0.2) is 0 Å². The Balaban J connectivity index is 2.11. The predicted octanol–water partition coefficient (Wildman–Crippen LogP) is 0.834. The summed E-state index contributed by atoms with van der Waals surface area (Å²) in [7, 11) is 4.12. The van der Waals surface area contributed by atoms with Crippen molar-refractivity contribution in [1.29, 1.82) is 0 Å². The zero-order valence-electron chi connectivity index (χ0n) is 8.83. The lowest BCUT2D eigenvalue weighted by Gasteiger charge is -2.28. The highest BCUT2D eigenvalue weighted by Gasteiger charge is 2.21. The molecule has 1 fully saturated rings. The van der Waals surface area contributed by atoms with Crippen LogP contribution in [0.2, 0.25) is 0 Å². The summed E-state index contributed by atoms with van der Waals surface area (Å²) in [4.78, 5) is 2.13. The standard InChI is InChI=1S/C10H22N2O/c1-12(2)7-8-13-10-6-4-3-5-9(10)11/h9-10H,3-8,11H2,1-2H3. The highest BCUT2D eigenvalue weighted by molar-refractivity contribution is 4.78. The quantitative estimate of drug-likeness (QED) is 0.707. The Bertz CT molecular complexity index is 139. The fraction of sp³-hybridized carbons (Fsp3) is 1.00. The van der Waals surface area contributed by atoms with E-state index in [1.807, 2.05) is 0 Å². The lowest BCUT2D eigenvalue weighted by atomic mass is 9.93. The summed E-state index contributed by atoms with van der Waals surface area (Å²) < 4.78 is 5.74. The van der Waals surface area contributed by atoms with Gasteiger partial charge in [0.25, 0.3) is 0 Å². The van der Waals surface area contributed by atoms with Gasteiger partial charge < -0.3 is 15.4 Å². The average molecular weight is 186 g/mol. The normalized spacial score (nSPS) is 29.5. The van der Waals surface area contributed by atoms with E-state index < -0.39 is 0 Å². The van der Waals surface area contributed by atoms with Crippen LogP contribution < -0.4 is 5.73 Å². The lowest BCUT2D eigenvalue weighted by Crippen LogP contribution is -2.40. The van der Waals surface area contributed by atoms with Crippen LogP contribution in [-0.4, -0.2) is 44.3 Å². The fourth-order valence-electron chi connectivity index (χ4n) is 1.72. The lowest BCUT2D eigenvalue weighted by molar-refractivity contribution is 0.00899. The van der Waals surface area contributed by atoms with Crippen molar-refractivity contribution >= 4 is 0 Å². The molecule has 1 rings (SSSR count). The van der Waals surface area contributed by atoms with E-state index in [2.05, 4.69) is 19.0 Å². The third-order valence-electron chi connectivity index (χ3n) is 2.62. The summed E-state index contributed by atoms with van der Waals surface area (Å²) in [6.07, 6.45) is 5.14. The fourth-order valence-corrected chi connectivity index (χ4v) is 1.72. The van der Waals surface area contributed by atoms with Crippen LogP contribution in [0, 0.1) is 0 Å². The maximum atomic E-state index is 5.96. The Labute approximate surface area is 81.2 Å². The van der Waals surface area contributed by atoms with Gasteiger partial charge >= 0.3 is 0 Å². The van der Waals surface area contributed by atoms with Crippen LogP contribution in [0.4, 0.5) is 0 Å². The first-order chi connectivity index (χ1) is 6.20. The number of nitrogens with two attached hydrogens (primary N) is 1. The first-order valence-electron chi connectivity index (χ1n) is 5.22. The Hall–Kier alpha value is -0.120. The van der Waals surface area contributed by atoms with E-state index >= 15 is 0 Å². The number of rotatable bonds is 4. The number of likely N-dealkylation sites (N-methyl/N-ethyl adjacent to an activating group) is 1. The molecule has 1 aliphatic carbocycles. The number of hydrogen-bond acceptors (Lipinski definition) is 3. The molecule has 0 saturated heterocycles. The van der Waals surface area contributed by atoms with Gasteiger partial charge in [0.05, 0.1) is 12.7 Å². The van der Waals surface area contributed by atoms with Crippen molar-refractivity contribution in [2.75, 3.05) is 27.2 Å². The van der Waals surface area contributed by atoms with Crippen LogP contribution in [0.25, 0.3) is 0 Å². The smallest absolute Gasteiger partial charge is 0.0726 e. The molecule has 13 heavy (non-hydrogen) atoms. The summed E-state index contributed by atoms with van der Waals surface area (Å²) in [5.41, 5.74) is 5.96. The maximum Gasteiger partial charge on any atom is 0.0726 e. The second-order valence-corrected chi connectivity index (χ2v) is 4.16. The van der Waals surface area contributed by atoms with E-state index in [4.69, 9.17) is 10.5 Å². The minimum absolute atomic E-state index is 0.274. The van der Waals surface area contributed by atoms with Crippen molar-refractivity contribution in [3.63, 3.8) is 0 Å². The Kier molecular flexibility index (Phi) is 4.70. The molecule has 3 heteroatoms. The molecule has 3 nitrogen and oxygen atoms in total. The molecule has 0 aliphatic heterocycles. The average Bonchev–Trinajstić information content (AvgIpc) is 2.08. The van der Waals surface area contributed by atoms with Gasteiger partial charge in [-0.05, 0) is 26.9 Å². The summed E-state index contributed by atoms with van der Waals surface area (Å²) in [5, 5.41) is 0. The van der Waals surface area contributed by atoms with Gasteiger partial charge in [-0.15, -0.1) is 0 Å². The molecule has 0 radical (unpaired) electrons. The largest absolute Gasteiger partial charge is 0.375 e. The molecule has 0 spiro atoms. The van der Waals surface area contributed by atoms with Crippen LogP contribution in [0.3, 0.4) is 0 Å². The molecule has 78 valence electrons. The van der Waals surface area contributed by atoms with Crippen molar-refractivity contribution in [2.24, 2.45) is 5.73 Å². The van der Waals surface area contributed by atoms with Gasteiger partial charge in [0.15, 0.2) is 0 Å². The van der Waals surface area contributed by atoms with Crippen molar-refractivity contribution < 1.29 is 4.74 Å². The Morgan fingerprint density at radius 1 is 1.31 bits per heavy atom. The first-order valence-corrected chi connectivity index (χ1v) is 5.22. The van der Waals surface area contributed by atoms with Crippen molar-refractivity contribution in [3.05, 3.63) is 0 Å². The van der Waals surface area contributed by atoms with Crippen LogP contribution in [-0.2, 0) is 4.74 Å². The summed E-state index contributed by atoms with van der Waals surface area (Å²) in [6.45, 7) is 1.80. The van der Waals surface area contributed by atoms with Crippen molar-refractivity contribution in [1.82, 2.24) is 4.90 Å². The zero-order valence-corrected chi connectivity index (χ0v) is 8.83. The van der Waals surface area contributed by atoms with Crippen LogP contribution in [0.1, 0.15) is 25.7 Å². The molecule has 1 saturated carbocycles. The highest BCUT2D eigenvalue weighted by atomic mass is 16.5. The number of nitrogens with zero attached hydrogens (tertiary/aromatic N) is 1. The van der Waals surface area contributed by atoms with Crippen LogP contribution in [0.5, 0.6) is 0 Å². The van der Waals surface area contributed by atoms with Gasteiger partial charge in [-0.1, -0.05) is 12.8 Å². The minimum Gasteiger partial charge on any atom is -0.375 e. The van der Waals surface area contributed by atoms with Crippen molar-refractivity contribution in [2.45, 2.75) is 37.8 Å². The van der Waals surface area contributed by atoms with Crippen LogP contribution >= 0.6 is 0 Å². The molecule has 0 bridgehead atoms. The minimum atomic E-state index is 0.274. The molecular formula is C10H22N2O. The van der Waals surface area contributed by atoms with E-state index in [1.165, 1.54) is 12.8 Å². The van der Waals surface area contributed by atoms with Gasteiger partial charge in [-0.3, -0.25) is 0 Å². The summed E-state index contributed by atoms with van der Waals surface area (Å²) in [6, 6.07) is 0.274. The van der Waals surface area contributed by atoms with E-state index in [9.17, 15) is 0 Å².